The minimum absolute atomic E-state index is 0.0840. The zero-order chi connectivity index (χ0) is 15.8. The molecule has 2 atom stereocenters. The Labute approximate surface area is 127 Å². The molecule has 0 aliphatic carbocycles. The van der Waals surface area contributed by atoms with Crippen LogP contribution in [0.1, 0.15) is 33.1 Å². The smallest absolute Gasteiger partial charge is 0.224 e. The van der Waals surface area contributed by atoms with Gasteiger partial charge in [0.1, 0.15) is 5.82 Å². The molecule has 0 radical (unpaired) electrons. The second kappa shape index (κ2) is 8.77. The van der Waals surface area contributed by atoms with E-state index < -0.39 is 16.6 Å². The maximum atomic E-state index is 13.4. The Bertz CT molecular complexity index is 508. The predicted octanol–water partition coefficient (Wildman–Crippen LogP) is 2.92. The fraction of sp³-hybridized carbons (Fsp3) is 0.533. The summed E-state index contributed by atoms with van der Waals surface area (Å²) in [5.41, 5.74) is 6.02. The quantitative estimate of drug-likeness (QED) is 0.725. The number of hydrogen-bond acceptors (Lipinski definition) is 3. The van der Waals surface area contributed by atoms with Gasteiger partial charge in [0.05, 0.1) is 5.69 Å². The van der Waals surface area contributed by atoms with Gasteiger partial charge in [0.15, 0.2) is 0 Å². The second-order valence-electron chi connectivity index (χ2n) is 5.22. The average Bonchev–Trinajstić information content (AvgIpc) is 2.42. The molecule has 3 N–H and O–H groups in total. The van der Waals surface area contributed by atoms with Crippen LogP contribution in [0.4, 0.5) is 15.8 Å². The van der Waals surface area contributed by atoms with Crippen molar-refractivity contribution in [2.45, 2.75) is 33.1 Å². The largest absolute Gasteiger partial charge is 0.399 e. The highest BCUT2D eigenvalue weighted by Crippen LogP contribution is 2.17. The van der Waals surface area contributed by atoms with E-state index in [0.717, 1.165) is 6.42 Å². The topological polar surface area (TPSA) is 72.2 Å². The Morgan fingerprint density at radius 1 is 1.48 bits per heavy atom. The van der Waals surface area contributed by atoms with Gasteiger partial charge < -0.3 is 11.1 Å². The molecule has 0 spiro atoms. The zero-order valence-electron chi connectivity index (χ0n) is 12.5. The van der Waals surface area contributed by atoms with Gasteiger partial charge in [0, 0.05) is 34.4 Å². The molecule has 6 heteroatoms. The first-order valence-corrected chi connectivity index (χ1v) is 8.61. The molecule has 1 aromatic rings. The molecule has 4 nitrogen and oxygen atoms in total. The molecule has 2 unspecified atom stereocenters. The van der Waals surface area contributed by atoms with Gasteiger partial charge in [0.25, 0.3) is 0 Å². The van der Waals surface area contributed by atoms with E-state index in [9.17, 15) is 13.4 Å². The number of amides is 1. The first kappa shape index (κ1) is 17.6. The fourth-order valence-electron chi connectivity index (χ4n) is 1.76. The first-order valence-electron chi connectivity index (χ1n) is 7.12. The van der Waals surface area contributed by atoms with E-state index in [0.29, 0.717) is 29.5 Å². The third-order valence-electron chi connectivity index (χ3n) is 3.21. The molecular weight excluding hydrogens is 291 g/mol. The van der Waals surface area contributed by atoms with Crippen molar-refractivity contribution in [3.05, 3.63) is 24.0 Å². The van der Waals surface area contributed by atoms with Crippen LogP contribution in [0, 0.1) is 11.7 Å². The van der Waals surface area contributed by atoms with E-state index in [1.165, 1.54) is 18.2 Å². The van der Waals surface area contributed by atoms with Gasteiger partial charge in [-0.05, 0) is 30.5 Å². The molecule has 118 valence electrons. The summed E-state index contributed by atoms with van der Waals surface area (Å²) >= 11 is 0. The van der Waals surface area contributed by atoms with E-state index in [-0.39, 0.29) is 18.0 Å². The minimum Gasteiger partial charge on any atom is -0.399 e. The van der Waals surface area contributed by atoms with E-state index in [2.05, 4.69) is 19.2 Å². The summed E-state index contributed by atoms with van der Waals surface area (Å²) in [6, 6.07) is 4.03. The molecule has 0 aliphatic heterocycles. The molecule has 0 bridgehead atoms. The number of halogens is 1. The molecule has 0 fully saturated rings. The number of rotatable bonds is 8. The van der Waals surface area contributed by atoms with Crippen LogP contribution in [0.2, 0.25) is 0 Å². The lowest BCUT2D eigenvalue weighted by atomic mass is 10.2. The lowest BCUT2D eigenvalue weighted by Crippen LogP contribution is -2.15. The van der Waals surface area contributed by atoms with Crippen LogP contribution in [-0.4, -0.2) is 21.6 Å². The van der Waals surface area contributed by atoms with E-state index in [1.807, 2.05) is 0 Å². The Morgan fingerprint density at radius 3 is 2.86 bits per heavy atom. The van der Waals surface area contributed by atoms with Crippen LogP contribution < -0.4 is 11.1 Å². The van der Waals surface area contributed by atoms with E-state index in [4.69, 9.17) is 5.73 Å². The SMILES string of the molecule is CCC(C)CS(=O)CCCC(=O)Nc1cc(N)ccc1F. The average molecular weight is 314 g/mol. The number of benzene rings is 1. The van der Waals surface area contributed by atoms with Crippen molar-refractivity contribution < 1.29 is 13.4 Å². The van der Waals surface area contributed by atoms with Gasteiger partial charge in [-0.1, -0.05) is 20.3 Å². The third kappa shape index (κ3) is 6.71. The molecule has 0 heterocycles. The maximum Gasteiger partial charge on any atom is 0.224 e. The lowest BCUT2D eigenvalue weighted by Gasteiger charge is -2.09. The number of nitrogens with one attached hydrogen (secondary N) is 1. The number of nitrogens with two attached hydrogens (primary N) is 1. The Kier molecular flexibility index (Phi) is 7.36. The lowest BCUT2D eigenvalue weighted by molar-refractivity contribution is -0.116. The van der Waals surface area contributed by atoms with Crippen molar-refractivity contribution in [3.8, 4) is 0 Å². The first-order chi connectivity index (χ1) is 9.92. The number of nitrogen functional groups attached to an aromatic ring is 1. The van der Waals surface area contributed by atoms with E-state index >= 15 is 0 Å². The second-order valence-corrected chi connectivity index (χ2v) is 6.84. The van der Waals surface area contributed by atoms with Crippen molar-refractivity contribution >= 4 is 28.1 Å². The highest BCUT2D eigenvalue weighted by atomic mass is 32.2. The van der Waals surface area contributed by atoms with Crippen LogP contribution >= 0.6 is 0 Å². The van der Waals surface area contributed by atoms with Crippen molar-refractivity contribution in [2.24, 2.45) is 5.92 Å². The Hall–Kier alpha value is -1.43. The van der Waals surface area contributed by atoms with Crippen molar-refractivity contribution in [1.29, 1.82) is 0 Å². The molecule has 0 saturated heterocycles. The van der Waals surface area contributed by atoms with Crippen molar-refractivity contribution in [1.82, 2.24) is 0 Å². The van der Waals surface area contributed by atoms with Crippen molar-refractivity contribution in [2.75, 3.05) is 22.6 Å². The highest BCUT2D eigenvalue weighted by molar-refractivity contribution is 7.84. The van der Waals surface area contributed by atoms with Crippen LogP contribution in [0.3, 0.4) is 0 Å². The summed E-state index contributed by atoms with van der Waals surface area (Å²) in [6.07, 6.45) is 1.75. The molecule has 21 heavy (non-hydrogen) atoms. The van der Waals surface area contributed by atoms with Gasteiger partial charge in [-0.3, -0.25) is 9.00 Å². The standard InChI is InChI=1S/C15H23FN2O2S/c1-3-11(2)10-21(20)8-4-5-15(19)18-14-9-12(17)6-7-13(14)16/h6-7,9,11H,3-5,8,10,17H2,1-2H3,(H,18,19). The summed E-state index contributed by atoms with van der Waals surface area (Å²) in [7, 11) is -0.895. The normalized spacial score (nSPS) is 13.7. The maximum absolute atomic E-state index is 13.4. The van der Waals surface area contributed by atoms with E-state index in [1.54, 1.807) is 0 Å². The molecule has 0 saturated carbocycles. The van der Waals surface area contributed by atoms with Gasteiger partial charge in [-0.15, -0.1) is 0 Å². The van der Waals surface area contributed by atoms with Crippen LogP contribution in [-0.2, 0) is 15.6 Å². The monoisotopic (exact) mass is 314 g/mol. The minimum atomic E-state index is -0.895. The summed E-state index contributed by atoms with van der Waals surface area (Å²) in [4.78, 5) is 11.7. The number of anilines is 2. The Balaban J connectivity index is 2.34. The fourth-order valence-corrected chi connectivity index (χ4v) is 3.27. The number of carbonyl (C=O) groups excluding carboxylic acids is 1. The third-order valence-corrected chi connectivity index (χ3v) is 4.89. The number of hydrogen-bond donors (Lipinski definition) is 2. The molecule has 0 aromatic heterocycles. The number of carbonyl (C=O) groups is 1. The molecule has 1 amide bonds. The Morgan fingerprint density at radius 2 is 2.19 bits per heavy atom. The highest BCUT2D eigenvalue weighted by Gasteiger charge is 2.10. The molecule has 1 rings (SSSR count). The summed E-state index contributed by atoms with van der Waals surface area (Å²) in [6.45, 7) is 4.13. The van der Waals surface area contributed by atoms with Gasteiger partial charge in [0.2, 0.25) is 5.91 Å². The van der Waals surface area contributed by atoms with Gasteiger partial charge in [-0.2, -0.15) is 0 Å². The van der Waals surface area contributed by atoms with Gasteiger partial charge in [-0.25, -0.2) is 4.39 Å². The molecule has 1 aromatic carbocycles. The van der Waals surface area contributed by atoms with Crippen molar-refractivity contribution in [3.63, 3.8) is 0 Å². The predicted molar refractivity (Wildman–Crippen MR) is 86.0 cm³/mol. The summed E-state index contributed by atoms with van der Waals surface area (Å²) in [5.74, 6) is 0.790. The molecule has 0 aliphatic rings. The van der Waals surface area contributed by atoms with Crippen LogP contribution in [0.5, 0.6) is 0 Å². The van der Waals surface area contributed by atoms with Crippen LogP contribution in [0.15, 0.2) is 18.2 Å². The van der Waals surface area contributed by atoms with Gasteiger partial charge >= 0.3 is 0 Å². The molecular formula is C15H23FN2O2S. The summed E-state index contributed by atoms with van der Waals surface area (Å²) in [5, 5.41) is 2.48. The summed E-state index contributed by atoms with van der Waals surface area (Å²) < 4.78 is 25.2. The van der Waals surface area contributed by atoms with Crippen LogP contribution in [0.25, 0.3) is 0 Å². The zero-order valence-corrected chi connectivity index (χ0v) is 13.3.